The topological polar surface area (TPSA) is 84.7 Å². The normalized spacial score (nSPS) is 10.9. The molecule has 2 N–H and O–H groups in total. The first-order chi connectivity index (χ1) is 8.70. The van der Waals surface area contributed by atoms with Gasteiger partial charge in [0.2, 0.25) is 0 Å². The molecule has 0 aliphatic rings. The maximum absolute atomic E-state index is 11.0. The lowest BCUT2D eigenvalue weighted by atomic mass is 10.1. The summed E-state index contributed by atoms with van der Waals surface area (Å²) in [5.74, 6) is -0.731. The predicted octanol–water partition coefficient (Wildman–Crippen LogP) is 1.26. The molecular formula is C13H10N4O. The second-order valence-electron chi connectivity index (χ2n) is 3.60. The van der Waals surface area contributed by atoms with Gasteiger partial charge in [0.25, 0.3) is 5.91 Å². The molecule has 0 aliphatic heterocycles. The number of carbonyl (C=O) groups is 1. The van der Waals surface area contributed by atoms with Crippen LogP contribution in [0.1, 0.15) is 5.56 Å². The number of nitriles is 1. The third-order valence-electron chi connectivity index (χ3n) is 2.37. The minimum atomic E-state index is -0.731. The van der Waals surface area contributed by atoms with E-state index in [0.29, 0.717) is 0 Å². The molecule has 5 nitrogen and oxygen atoms in total. The highest BCUT2D eigenvalue weighted by Crippen LogP contribution is 2.13. The van der Waals surface area contributed by atoms with Gasteiger partial charge in [0.05, 0.1) is 6.33 Å². The molecule has 18 heavy (non-hydrogen) atoms. The average Bonchev–Trinajstić information content (AvgIpc) is 2.90. The van der Waals surface area contributed by atoms with Gasteiger partial charge in [-0.15, -0.1) is 0 Å². The quantitative estimate of drug-likeness (QED) is 0.645. The fourth-order valence-corrected chi connectivity index (χ4v) is 1.51. The average molecular weight is 238 g/mol. The fourth-order valence-electron chi connectivity index (χ4n) is 1.51. The van der Waals surface area contributed by atoms with Crippen LogP contribution in [0.4, 0.5) is 0 Å². The highest BCUT2D eigenvalue weighted by molar-refractivity contribution is 6.00. The molecule has 1 amide bonds. The molecule has 1 aromatic heterocycles. The fraction of sp³-hybridized carbons (Fsp3) is 0. The van der Waals surface area contributed by atoms with Gasteiger partial charge in [-0.05, 0) is 23.8 Å². The maximum atomic E-state index is 11.0. The van der Waals surface area contributed by atoms with E-state index in [9.17, 15) is 4.79 Å². The molecule has 0 radical (unpaired) electrons. The molecule has 0 spiro atoms. The molecule has 0 bridgehead atoms. The smallest absolute Gasteiger partial charge is 0.259 e. The number of nitrogens with two attached hydrogens (primary N) is 1. The lowest BCUT2D eigenvalue weighted by Gasteiger charge is -2.03. The Balaban J connectivity index is 2.40. The number of aromatic nitrogens is 2. The van der Waals surface area contributed by atoms with E-state index in [4.69, 9.17) is 11.0 Å². The summed E-state index contributed by atoms with van der Waals surface area (Å²) >= 11 is 0. The van der Waals surface area contributed by atoms with Crippen LogP contribution in [-0.2, 0) is 4.79 Å². The van der Waals surface area contributed by atoms with Crippen LogP contribution in [0.3, 0.4) is 0 Å². The minimum absolute atomic E-state index is 0.0715. The van der Waals surface area contributed by atoms with Crippen LogP contribution < -0.4 is 5.73 Å². The van der Waals surface area contributed by atoms with Gasteiger partial charge in [-0.3, -0.25) is 4.79 Å². The number of rotatable bonds is 3. The summed E-state index contributed by atoms with van der Waals surface area (Å²) in [4.78, 5) is 14.9. The molecule has 0 fully saturated rings. The van der Waals surface area contributed by atoms with E-state index in [-0.39, 0.29) is 5.57 Å². The number of benzene rings is 1. The van der Waals surface area contributed by atoms with E-state index in [1.54, 1.807) is 24.7 Å². The number of nitrogens with zero attached hydrogens (tertiary/aromatic N) is 3. The standard InChI is InChI=1S/C13H10N4O/c14-8-11(13(15)18)6-10-2-1-3-12(7-10)17-5-4-16-9-17/h1-7,9H,(H2,15,18)/b11-6+. The highest BCUT2D eigenvalue weighted by Gasteiger charge is 2.03. The Labute approximate surface area is 104 Å². The summed E-state index contributed by atoms with van der Waals surface area (Å²) in [6, 6.07) is 9.13. The van der Waals surface area contributed by atoms with Crippen molar-refractivity contribution < 1.29 is 4.79 Å². The largest absolute Gasteiger partial charge is 0.365 e. The molecule has 0 saturated carbocycles. The minimum Gasteiger partial charge on any atom is -0.365 e. The molecular weight excluding hydrogens is 228 g/mol. The summed E-state index contributed by atoms with van der Waals surface area (Å²) in [5.41, 5.74) is 6.64. The van der Waals surface area contributed by atoms with Crippen LogP contribution in [0.15, 0.2) is 48.6 Å². The maximum Gasteiger partial charge on any atom is 0.259 e. The first-order valence-corrected chi connectivity index (χ1v) is 5.20. The number of primary amides is 1. The second-order valence-corrected chi connectivity index (χ2v) is 3.60. The zero-order valence-corrected chi connectivity index (χ0v) is 9.45. The van der Waals surface area contributed by atoms with E-state index in [1.807, 2.05) is 29.0 Å². The van der Waals surface area contributed by atoms with Crippen molar-refractivity contribution in [3.05, 3.63) is 54.1 Å². The number of carbonyl (C=O) groups excluding carboxylic acids is 1. The molecule has 0 saturated heterocycles. The van der Waals surface area contributed by atoms with Crippen LogP contribution >= 0.6 is 0 Å². The van der Waals surface area contributed by atoms with Crippen molar-refractivity contribution >= 4 is 12.0 Å². The van der Waals surface area contributed by atoms with Crippen molar-refractivity contribution in [3.8, 4) is 11.8 Å². The molecule has 1 aromatic carbocycles. The summed E-state index contributed by atoms with van der Waals surface area (Å²) < 4.78 is 1.83. The van der Waals surface area contributed by atoms with Gasteiger partial charge in [0.15, 0.2) is 0 Å². The monoisotopic (exact) mass is 238 g/mol. The lowest BCUT2D eigenvalue weighted by molar-refractivity contribution is -0.114. The summed E-state index contributed by atoms with van der Waals surface area (Å²) in [5, 5.41) is 8.78. The zero-order chi connectivity index (χ0) is 13.0. The van der Waals surface area contributed by atoms with Gasteiger partial charge in [-0.25, -0.2) is 4.98 Å². The van der Waals surface area contributed by atoms with Crippen LogP contribution in [0, 0.1) is 11.3 Å². The number of imidazole rings is 1. The van der Waals surface area contributed by atoms with E-state index in [2.05, 4.69) is 4.98 Å². The molecule has 2 aromatic rings. The Morgan fingerprint density at radius 2 is 2.33 bits per heavy atom. The summed E-state index contributed by atoms with van der Waals surface area (Å²) in [7, 11) is 0. The van der Waals surface area contributed by atoms with Crippen LogP contribution in [0.2, 0.25) is 0 Å². The molecule has 0 unspecified atom stereocenters. The summed E-state index contributed by atoms with van der Waals surface area (Å²) in [6.45, 7) is 0. The first kappa shape index (κ1) is 11.6. The van der Waals surface area contributed by atoms with Crippen molar-refractivity contribution in [1.82, 2.24) is 9.55 Å². The van der Waals surface area contributed by atoms with E-state index < -0.39 is 5.91 Å². The van der Waals surface area contributed by atoms with E-state index in [1.165, 1.54) is 6.08 Å². The lowest BCUT2D eigenvalue weighted by Crippen LogP contribution is -2.12. The first-order valence-electron chi connectivity index (χ1n) is 5.20. The Morgan fingerprint density at radius 3 is 2.94 bits per heavy atom. The molecule has 2 rings (SSSR count). The van der Waals surface area contributed by atoms with Gasteiger partial charge >= 0.3 is 0 Å². The van der Waals surface area contributed by atoms with Crippen LogP contribution in [-0.4, -0.2) is 15.5 Å². The predicted molar refractivity (Wildman–Crippen MR) is 66.3 cm³/mol. The summed E-state index contributed by atoms with van der Waals surface area (Å²) in [6.07, 6.45) is 6.61. The Hall–Kier alpha value is -2.87. The van der Waals surface area contributed by atoms with Gasteiger partial charge in [0.1, 0.15) is 11.6 Å². The molecule has 5 heteroatoms. The number of hydrogen-bond acceptors (Lipinski definition) is 3. The molecule has 88 valence electrons. The number of amides is 1. The third-order valence-corrected chi connectivity index (χ3v) is 2.37. The molecule has 0 aliphatic carbocycles. The van der Waals surface area contributed by atoms with E-state index in [0.717, 1.165) is 11.3 Å². The van der Waals surface area contributed by atoms with Crippen LogP contribution in [0.25, 0.3) is 11.8 Å². The Morgan fingerprint density at radius 1 is 1.50 bits per heavy atom. The second kappa shape index (κ2) is 4.97. The SMILES string of the molecule is N#C/C(=C\c1cccc(-n2ccnc2)c1)C(N)=O. The molecule has 1 heterocycles. The van der Waals surface area contributed by atoms with Gasteiger partial charge in [-0.1, -0.05) is 12.1 Å². The molecule has 0 atom stereocenters. The van der Waals surface area contributed by atoms with Crippen molar-refractivity contribution in [2.75, 3.05) is 0 Å². The van der Waals surface area contributed by atoms with Crippen molar-refractivity contribution in [2.45, 2.75) is 0 Å². The highest BCUT2D eigenvalue weighted by atomic mass is 16.1. The Bertz CT molecular complexity index is 635. The number of hydrogen-bond donors (Lipinski definition) is 1. The van der Waals surface area contributed by atoms with Crippen molar-refractivity contribution in [1.29, 1.82) is 5.26 Å². The van der Waals surface area contributed by atoms with Crippen molar-refractivity contribution in [2.24, 2.45) is 5.73 Å². The zero-order valence-electron chi connectivity index (χ0n) is 9.45. The third kappa shape index (κ3) is 2.44. The Kier molecular flexibility index (Phi) is 3.21. The van der Waals surface area contributed by atoms with Crippen LogP contribution in [0.5, 0.6) is 0 Å². The van der Waals surface area contributed by atoms with Crippen molar-refractivity contribution in [3.63, 3.8) is 0 Å². The van der Waals surface area contributed by atoms with Gasteiger partial charge in [0, 0.05) is 18.1 Å². The van der Waals surface area contributed by atoms with Gasteiger partial charge in [-0.2, -0.15) is 5.26 Å². The van der Waals surface area contributed by atoms with Gasteiger partial charge < -0.3 is 10.3 Å². The van der Waals surface area contributed by atoms with E-state index >= 15 is 0 Å².